The van der Waals surface area contributed by atoms with Crippen LogP contribution in [0.3, 0.4) is 0 Å². The standard InChI is InChI=1S/C36H45N3O10/c1-7-32(43)48-22-36(3,4)33(44)34(45)39-18-17-38(5)21-27(39)35(46)49-28(14-13-24-12-11-23(2)29(19-24)47-6)25-9-8-10-26(20-25)37-30(40)15-16-31(41)42/h7-12,19-20,27-28H,1,13-18,21-22H2,2-6H3,(H,37,40)(H,41,42)/t27-,28+/m0/s1. The van der Waals surface area contributed by atoms with Gasteiger partial charge < -0.3 is 34.4 Å². The number of carbonyl (C=O) groups is 6. The molecule has 13 nitrogen and oxygen atoms in total. The normalized spacial score (nSPS) is 15.4. The summed E-state index contributed by atoms with van der Waals surface area (Å²) in [5.41, 5.74) is 1.49. The van der Waals surface area contributed by atoms with Crippen molar-refractivity contribution in [2.45, 2.75) is 58.6 Å². The summed E-state index contributed by atoms with van der Waals surface area (Å²) < 4.78 is 16.6. The van der Waals surface area contributed by atoms with Crippen LogP contribution in [0.5, 0.6) is 5.75 Å². The lowest BCUT2D eigenvalue weighted by Crippen LogP contribution is -2.60. The average molecular weight is 680 g/mol. The van der Waals surface area contributed by atoms with E-state index in [0.717, 1.165) is 17.2 Å². The Labute approximate surface area is 286 Å². The van der Waals surface area contributed by atoms with Crippen molar-refractivity contribution in [3.63, 3.8) is 0 Å². The minimum absolute atomic E-state index is 0.0923. The predicted molar refractivity (Wildman–Crippen MR) is 180 cm³/mol. The van der Waals surface area contributed by atoms with E-state index in [9.17, 15) is 28.8 Å². The SMILES string of the molecule is C=CC(=O)OCC(C)(C)C(=O)C(=O)N1CCN(C)C[C@H]1C(=O)O[C@H](CCc1ccc(C)c(OC)c1)c1cccc(NC(=O)CCC(=O)O)c1. The van der Waals surface area contributed by atoms with Gasteiger partial charge in [-0.1, -0.05) is 30.8 Å². The van der Waals surface area contributed by atoms with Crippen molar-refractivity contribution in [2.24, 2.45) is 5.41 Å². The maximum Gasteiger partial charge on any atom is 0.330 e. The van der Waals surface area contributed by atoms with Gasteiger partial charge >= 0.3 is 17.9 Å². The number of aliphatic carboxylic acids is 1. The second kappa shape index (κ2) is 17.4. The highest BCUT2D eigenvalue weighted by Crippen LogP contribution is 2.29. The zero-order chi connectivity index (χ0) is 36.3. The molecule has 0 radical (unpaired) electrons. The number of hydrogen-bond acceptors (Lipinski definition) is 10. The summed E-state index contributed by atoms with van der Waals surface area (Å²) in [6.07, 6.45) is 0.405. The van der Waals surface area contributed by atoms with Crippen molar-refractivity contribution in [1.29, 1.82) is 0 Å². The van der Waals surface area contributed by atoms with Gasteiger partial charge in [0, 0.05) is 37.8 Å². The third-order valence-corrected chi connectivity index (χ3v) is 8.20. The number of methoxy groups -OCH3 is 1. The fourth-order valence-corrected chi connectivity index (χ4v) is 5.25. The molecular formula is C36H45N3O10. The van der Waals surface area contributed by atoms with Crippen molar-refractivity contribution in [3.8, 4) is 5.75 Å². The summed E-state index contributed by atoms with van der Waals surface area (Å²) in [6, 6.07) is 11.4. The van der Waals surface area contributed by atoms with Crippen LogP contribution in [0.15, 0.2) is 55.1 Å². The lowest BCUT2D eigenvalue weighted by atomic mass is 9.87. The third kappa shape index (κ3) is 11.0. The topological polar surface area (TPSA) is 169 Å². The average Bonchev–Trinajstić information content (AvgIpc) is 3.07. The van der Waals surface area contributed by atoms with E-state index in [1.54, 1.807) is 38.4 Å². The maximum atomic E-state index is 14.0. The van der Waals surface area contributed by atoms with E-state index in [1.807, 2.05) is 30.0 Å². The van der Waals surface area contributed by atoms with Gasteiger partial charge in [-0.2, -0.15) is 0 Å². The lowest BCUT2D eigenvalue weighted by Gasteiger charge is -2.39. The largest absolute Gasteiger partial charge is 0.496 e. The van der Waals surface area contributed by atoms with E-state index in [4.69, 9.17) is 19.3 Å². The number of aryl methyl sites for hydroxylation is 2. The smallest absolute Gasteiger partial charge is 0.330 e. The van der Waals surface area contributed by atoms with Crippen molar-refractivity contribution in [2.75, 3.05) is 45.7 Å². The molecule has 1 saturated heterocycles. The number of carboxylic acid groups (broad SMARTS) is 1. The number of anilines is 1. The van der Waals surface area contributed by atoms with Gasteiger partial charge in [0.15, 0.2) is 0 Å². The fraction of sp³-hybridized carbons (Fsp3) is 0.444. The Kier molecular flexibility index (Phi) is 13.6. The molecule has 264 valence electrons. The molecule has 2 N–H and O–H groups in total. The fourth-order valence-electron chi connectivity index (χ4n) is 5.25. The number of nitrogens with one attached hydrogen (secondary N) is 1. The number of carbonyl (C=O) groups excluding carboxylic acids is 5. The summed E-state index contributed by atoms with van der Waals surface area (Å²) in [4.78, 5) is 78.8. The van der Waals surface area contributed by atoms with Gasteiger partial charge in [0.25, 0.3) is 5.91 Å². The first-order chi connectivity index (χ1) is 23.1. The number of hydrogen-bond donors (Lipinski definition) is 2. The van der Waals surface area contributed by atoms with Gasteiger partial charge in [-0.25, -0.2) is 9.59 Å². The second-order valence-electron chi connectivity index (χ2n) is 12.6. The predicted octanol–water partition coefficient (Wildman–Crippen LogP) is 3.49. The van der Waals surface area contributed by atoms with Crippen LogP contribution in [0.1, 0.15) is 55.9 Å². The number of esters is 2. The van der Waals surface area contributed by atoms with Gasteiger partial charge in [-0.3, -0.25) is 19.2 Å². The molecule has 0 aromatic heterocycles. The third-order valence-electron chi connectivity index (χ3n) is 8.20. The number of ketones is 1. The highest BCUT2D eigenvalue weighted by atomic mass is 16.5. The number of rotatable bonds is 16. The summed E-state index contributed by atoms with van der Waals surface area (Å²) in [7, 11) is 3.38. The molecule has 3 rings (SSSR count). The molecule has 2 atom stereocenters. The Balaban J connectivity index is 1.88. The Morgan fingerprint density at radius 1 is 1.08 bits per heavy atom. The van der Waals surface area contributed by atoms with Gasteiger partial charge in [0.1, 0.15) is 24.5 Å². The molecular weight excluding hydrogens is 634 g/mol. The van der Waals surface area contributed by atoms with E-state index in [0.29, 0.717) is 36.4 Å². The van der Waals surface area contributed by atoms with Crippen LogP contribution in [0.4, 0.5) is 5.69 Å². The van der Waals surface area contributed by atoms with Crippen molar-refractivity contribution >= 4 is 41.2 Å². The Morgan fingerprint density at radius 2 is 1.82 bits per heavy atom. The molecule has 1 heterocycles. The maximum absolute atomic E-state index is 14.0. The van der Waals surface area contributed by atoms with Crippen molar-refractivity contribution < 1.29 is 48.1 Å². The molecule has 1 aliphatic rings. The van der Waals surface area contributed by atoms with Crippen LogP contribution in [0, 0.1) is 12.3 Å². The van der Waals surface area contributed by atoms with Gasteiger partial charge in [0.2, 0.25) is 11.7 Å². The number of likely N-dealkylation sites (N-methyl/N-ethyl adjacent to an activating group) is 1. The number of benzene rings is 2. The van der Waals surface area contributed by atoms with Crippen LogP contribution < -0.4 is 10.1 Å². The van der Waals surface area contributed by atoms with Crippen LogP contribution in [-0.4, -0.2) is 96.9 Å². The number of Topliss-reactive ketones (excluding diaryl/α,β-unsaturated/α-hetero) is 1. The molecule has 1 aliphatic heterocycles. The minimum Gasteiger partial charge on any atom is -0.496 e. The number of piperazine rings is 1. The number of carboxylic acids is 1. The molecule has 2 aromatic carbocycles. The van der Waals surface area contributed by atoms with E-state index < -0.39 is 53.1 Å². The van der Waals surface area contributed by atoms with Crippen molar-refractivity contribution in [3.05, 3.63) is 71.8 Å². The summed E-state index contributed by atoms with van der Waals surface area (Å²) in [5, 5.41) is 11.6. The molecule has 49 heavy (non-hydrogen) atoms. The van der Waals surface area contributed by atoms with Crippen LogP contribution in [-0.2, 0) is 44.7 Å². The molecule has 13 heteroatoms. The van der Waals surface area contributed by atoms with Crippen LogP contribution in [0.25, 0.3) is 0 Å². The summed E-state index contributed by atoms with van der Waals surface area (Å²) in [6.45, 7) is 8.50. The first kappa shape index (κ1) is 38.4. The minimum atomic E-state index is -1.36. The van der Waals surface area contributed by atoms with Crippen LogP contribution in [0.2, 0.25) is 0 Å². The molecule has 0 saturated carbocycles. The second-order valence-corrected chi connectivity index (χ2v) is 12.6. The Hall–Kier alpha value is -5.04. The van der Waals surface area contributed by atoms with Crippen LogP contribution >= 0.6 is 0 Å². The molecule has 0 aliphatic carbocycles. The first-order valence-corrected chi connectivity index (χ1v) is 15.9. The number of amides is 2. The van der Waals surface area contributed by atoms with E-state index in [1.165, 1.54) is 18.7 Å². The first-order valence-electron chi connectivity index (χ1n) is 15.9. The molecule has 0 unspecified atom stereocenters. The monoisotopic (exact) mass is 679 g/mol. The van der Waals surface area contributed by atoms with E-state index >= 15 is 0 Å². The molecule has 2 amide bonds. The van der Waals surface area contributed by atoms with Gasteiger partial charge in [-0.15, -0.1) is 0 Å². The van der Waals surface area contributed by atoms with Gasteiger partial charge in [0.05, 0.1) is 18.9 Å². The molecule has 1 fully saturated rings. The van der Waals surface area contributed by atoms with E-state index in [2.05, 4.69) is 11.9 Å². The number of nitrogens with zero attached hydrogens (tertiary/aromatic N) is 2. The van der Waals surface area contributed by atoms with E-state index in [-0.39, 0.29) is 32.5 Å². The quantitative estimate of drug-likeness (QED) is 0.151. The summed E-state index contributed by atoms with van der Waals surface area (Å²) in [5.74, 6) is -4.01. The van der Waals surface area contributed by atoms with Crippen molar-refractivity contribution in [1.82, 2.24) is 9.80 Å². The lowest BCUT2D eigenvalue weighted by molar-refractivity contribution is -0.166. The Morgan fingerprint density at radius 3 is 2.49 bits per heavy atom. The molecule has 0 bridgehead atoms. The zero-order valence-corrected chi connectivity index (χ0v) is 28.7. The highest BCUT2D eigenvalue weighted by Gasteiger charge is 2.43. The van der Waals surface area contributed by atoms with Gasteiger partial charge in [-0.05, 0) is 75.5 Å². The molecule has 2 aromatic rings. The number of ether oxygens (including phenoxy) is 3. The highest BCUT2D eigenvalue weighted by molar-refractivity contribution is 6.38. The summed E-state index contributed by atoms with van der Waals surface area (Å²) >= 11 is 0. The zero-order valence-electron chi connectivity index (χ0n) is 28.7. The molecule has 0 spiro atoms. The Bertz CT molecular complexity index is 1570.